The highest BCUT2D eigenvalue weighted by molar-refractivity contribution is 6.09. The lowest BCUT2D eigenvalue weighted by atomic mass is 10.1. The largest absolute Gasteiger partial charge is 0.493 e. The number of fused-ring (bicyclic) bond motifs is 1. The first-order valence-corrected chi connectivity index (χ1v) is 10.2. The molecule has 2 amide bonds. The molecule has 0 saturated carbocycles. The minimum absolute atomic E-state index is 0.117. The number of ether oxygens (including phenoxy) is 3. The highest BCUT2D eigenvalue weighted by atomic mass is 16.5. The van der Waals surface area contributed by atoms with Crippen LogP contribution >= 0.6 is 0 Å². The van der Waals surface area contributed by atoms with Crippen LogP contribution in [0.1, 0.15) is 45.5 Å². The maximum absolute atomic E-state index is 13.2. The zero-order valence-electron chi connectivity index (χ0n) is 17.3. The van der Waals surface area contributed by atoms with Crippen molar-refractivity contribution in [2.24, 2.45) is 0 Å². The Kier molecular flexibility index (Phi) is 5.79. The zero-order valence-corrected chi connectivity index (χ0v) is 17.3. The molecule has 1 fully saturated rings. The summed E-state index contributed by atoms with van der Waals surface area (Å²) in [5, 5.41) is 2.90. The third-order valence-corrected chi connectivity index (χ3v) is 5.60. The van der Waals surface area contributed by atoms with Crippen LogP contribution in [0.15, 0.2) is 30.3 Å². The van der Waals surface area contributed by atoms with Crippen LogP contribution in [0.25, 0.3) is 0 Å². The number of carbonyl (C=O) groups excluding carboxylic acids is 2. The van der Waals surface area contributed by atoms with Gasteiger partial charge in [-0.1, -0.05) is 0 Å². The smallest absolute Gasteiger partial charge is 0.256 e. The van der Waals surface area contributed by atoms with Gasteiger partial charge in [-0.25, -0.2) is 0 Å². The molecule has 1 N–H and O–H groups in total. The number of nitrogens with one attached hydrogen (secondary N) is 1. The van der Waals surface area contributed by atoms with Crippen molar-refractivity contribution in [3.63, 3.8) is 0 Å². The number of rotatable bonds is 5. The van der Waals surface area contributed by atoms with Crippen molar-refractivity contribution in [1.82, 2.24) is 4.90 Å². The fourth-order valence-corrected chi connectivity index (χ4v) is 3.95. The molecule has 158 valence electrons. The van der Waals surface area contributed by atoms with Gasteiger partial charge in [-0.2, -0.15) is 0 Å². The molecule has 0 radical (unpaired) electrons. The molecular weight excluding hydrogens is 384 g/mol. The first kappa shape index (κ1) is 20.1. The summed E-state index contributed by atoms with van der Waals surface area (Å²) in [7, 11) is 3.05. The van der Waals surface area contributed by atoms with E-state index < -0.39 is 0 Å². The van der Waals surface area contributed by atoms with Gasteiger partial charge in [0.1, 0.15) is 5.75 Å². The Balaban J connectivity index is 1.66. The summed E-state index contributed by atoms with van der Waals surface area (Å²) in [5.74, 6) is 1.31. The highest BCUT2D eigenvalue weighted by Gasteiger charge is 2.25. The zero-order chi connectivity index (χ0) is 21.1. The Morgan fingerprint density at radius 1 is 1.00 bits per heavy atom. The van der Waals surface area contributed by atoms with Crippen LogP contribution in [-0.2, 0) is 6.42 Å². The molecule has 7 nitrogen and oxygen atoms in total. The molecule has 2 aliphatic rings. The van der Waals surface area contributed by atoms with Crippen LogP contribution in [0.3, 0.4) is 0 Å². The number of anilines is 1. The van der Waals surface area contributed by atoms with Crippen LogP contribution in [-0.4, -0.2) is 50.6 Å². The minimum atomic E-state index is -0.287. The Bertz CT molecular complexity index is 966. The van der Waals surface area contributed by atoms with Gasteiger partial charge >= 0.3 is 0 Å². The number of nitrogens with zero attached hydrogens (tertiary/aromatic N) is 1. The van der Waals surface area contributed by atoms with E-state index in [0.717, 1.165) is 37.0 Å². The van der Waals surface area contributed by atoms with E-state index in [4.69, 9.17) is 14.2 Å². The lowest BCUT2D eigenvalue weighted by molar-refractivity contribution is 0.0725. The number of piperidine rings is 1. The number of benzene rings is 2. The van der Waals surface area contributed by atoms with Gasteiger partial charge in [0.25, 0.3) is 11.8 Å². The van der Waals surface area contributed by atoms with Gasteiger partial charge in [0.2, 0.25) is 0 Å². The first-order valence-electron chi connectivity index (χ1n) is 10.2. The van der Waals surface area contributed by atoms with Gasteiger partial charge < -0.3 is 24.4 Å². The first-order chi connectivity index (χ1) is 14.6. The molecule has 0 aromatic heterocycles. The second kappa shape index (κ2) is 8.65. The predicted octanol–water partition coefficient (Wildman–Crippen LogP) is 3.52. The van der Waals surface area contributed by atoms with Crippen LogP contribution in [0.2, 0.25) is 0 Å². The Morgan fingerprint density at radius 2 is 1.73 bits per heavy atom. The van der Waals surface area contributed by atoms with Crippen molar-refractivity contribution >= 4 is 17.5 Å². The van der Waals surface area contributed by atoms with Crippen molar-refractivity contribution < 1.29 is 23.8 Å². The van der Waals surface area contributed by atoms with Crippen molar-refractivity contribution in [2.45, 2.75) is 25.7 Å². The van der Waals surface area contributed by atoms with E-state index in [9.17, 15) is 9.59 Å². The topological polar surface area (TPSA) is 77.1 Å². The third-order valence-electron chi connectivity index (χ3n) is 5.60. The average Bonchev–Trinajstić information content (AvgIpc) is 3.26. The molecule has 2 aliphatic heterocycles. The third kappa shape index (κ3) is 3.92. The van der Waals surface area contributed by atoms with E-state index in [2.05, 4.69) is 5.32 Å². The number of likely N-dealkylation sites (tertiary alicyclic amines) is 1. The van der Waals surface area contributed by atoms with E-state index in [1.165, 1.54) is 14.2 Å². The molecule has 7 heteroatoms. The molecule has 1 saturated heterocycles. The Hall–Kier alpha value is -3.22. The number of carbonyl (C=O) groups is 2. The van der Waals surface area contributed by atoms with Gasteiger partial charge in [-0.05, 0) is 49.1 Å². The van der Waals surface area contributed by atoms with E-state index in [1.807, 2.05) is 17.0 Å². The summed E-state index contributed by atoms with van der Waals surface area (Å²) < 4.78 is 16.3. The Labute approximate surface area is 175 Å². The van der Waals surface area contributed by atoms with Gasteiger partial charge in [0, 0.05) is 31.1 Å². The van der Waals surface area contributed by atoms with Gasteiger partial charge in [-0.15, -0.1) is 0 Å². The van der Waals surface area contributed by atoms with E-state index >= 15 is 0 Å². The van der Waals surface area contributed by atoms with E-state index in [0.29, 0.717) is 48.0 Å². The number of hydrogen-bond acceptors (Lipinski definition) is 5. The summed E-state index contributed by atoms with van der Waals surface area (Å²) in [5.41, 5.74) is 2.34. The van der Waals surface area contributed by atoms with Crippen molar-refractivity contribution in [3.8, 4) is 17.2 Å². The van der Waals surface area contributed by atoms with E-state index in [1.54, 1.807) is 18.2 Å². The lowest BCUT2D eigenvalue weighted by Gasteiger charge is -2.28. The monoisotopic (exact) mass is 410 g/mol. The fourth-order valence-electron chi connectivity index (χ4n) is 3.95. The summed E-state index contributed by atoms with van der Waals surface area (Å²) in [6.07, 6.45) is 3.88. The molecule has 30 heavy (non-hydrogen) atoms. The van der Waals surface area contributed by atoms with Crippen LogP contribution in [0.4, 0.5) is 5.69 Å². The van der Waals surface area contributed by atoms with Crippen molar-refractivity contribution in [3.05, 3.63) is 47.0 Å². The quantitative estimate of drug-likeness (QED) is 0.816. The van der Waals surface area contributed by atoms with Crippen molar-refractivity contribution in [2.75, 3.05) is 39.2 Å². The van der Waals surface area contributed by atoms with Gasteiger partial charge in [0.15, 0.2) is 11.5 Å². The van der Waals surface area contributed by atoms with Gasteiger partial charge in [-0.3, -0.25) is 9.59 Å². The SMILES string of the molecule is COc1cc(NC(=O)c2ccc3c(c2)CCO3)c(C(=O)N2CCCCC2)cc1OC. The maximum atomic E-state index is 13.2. The van der Waals surface area contributed by atoms with Crippen LogP contribution in [0, 0.1) is 0 Å². The molecule has 0 unspecified atom stereocenters. The predicted molar refractivity (Wildman–Crippen MR) is 113 cm³/mol. The summed E-state index contributed by atoms with van der Waals surface area (Å²) in [6.45, 7) is 2.06. The number of amides is 2. The molecular formula is C23H26N2O5. The van der Waals surface area contributed by atoms with Crippen LogP contribution in [0.5, 0.6) is 17.2 Å². The fraction of sp³-hybridized carbons (Fsp3) is 0.391. The molecule has 2 aromatic rings. The standard InChI is InChI=1S/C23H26N2O5/c1-28-20-13-17(23(27)25-9-4-3-5-10-25)18(14-21(20)29-2)24-22(26)16-6-7-19-15(12-16)8-11-30-19/h6-7,12-14H,3-5,8-11H2,1-2H3,(H,24,26). The second-order valence-corrected chi connectivity index (χ2v) is 7.48. The summed E-state index contributed by atoms with van der Waals surface area (Å²) in [4.78, 5) is 28.0. The normalized spacial score (nSPS) is 15.2. The van der Waals surface area contributed by atoms with Gasteiger partial charge in [0.05, 0.1) is 32.1 Å². The van der Waals surface area contributed by atoms with Crippen molar-refractivity contribution in [1.29, 1.82) is 0 Å². The molecule has 2 aromatic carbocycles. The maximum Gasteiger partial charge on any atom is 0.256 e. The average molecular weight is 410 g/mol. The van der Waals surface area contributed by atoms with E-state index in [-0.39, 0.29) is 11.8 Å². The minimum Gasteiger partial charge on any atom is -0.493 e. The number of methoxy groups -OCH3 is 2. The van der Waals surface area contributed by atoms with Crippen LogP contribution < -0.4 is 19.5 Å². The molecule has 0 aliphatic carbocycles. The molecule has 0 atom stereocenters. The number of hydrogen-bond donors (Lipinski definition) is 1. The molecule has 4 rings (SSSR count). The molecule has 2 heterocycles. The molecule has 0 spiro atoms. The second-order valence-electron chi connectivity index (χ2n) is 7.48. The Morgan fingerprint density at radius 3 is 2.47 bits per heavy atom. The summed E-state index contributed by atoms with van der Waals surface area (Å²) in [6, 6.07) is 8.66. The summed E-state index contributed by atoms with van der Waals surface area (Å²) >= 11 is 0. The lowest BCUT2D eigenvalue weighted by Crippen LogP contribution is -2.36. The molecule has 0 bridgehead atoms. The highest BCUT2D eigenvalue weighted by Crippen LogP contribution is 2.35.